The number of likely N-dealkylation sites (tertiary alicyclic amines) is 1. The highest BCUT2D eigenvalue weighted by Crippen LogP contribution is 2.60. The van der Waals surface area contributed by atoms with Gasteiger partial charge in [0.1, 0.15) is 0 Å². The van der Waals surface area contributed by atoms with E-state index >= 15 is 0 Å². The number of nitrogens with zero attached hydrogens (tertiary/aromatic N) is 3. The average molecular weight is 495 g/mol. The van der Waals surface area contributed by atoms with Crippen LogP contribution < -0.4 is 10.2 Å². The van der Waals surface area contributed by atoms with Crippen LogP contribution in [-0.2, 0) is 4.79 Å². The molecule has 2 aliphatic heterocycles. The molecule has 2 saturated heterocycles. The van der Waals surface area contributed by atoms with Crippen molar-refractivity contribution in [2.75, 3.05) is 44.2 Å². The van der Waals surface area contributed by atoms with Gasteiger partial charge in [0.05, 0.1) is 11.5 Å². The zero-order chi connectivity index (χ0) is 25.0. The van der Waals surface area contributed by atoms with Crippen molar-refractivity contribution < 1.29 is 14.7 Å². The van der Waals surface area contributed by atoms with Crippen LogP contribution in [0, 0.1) is 37.0 Å². The fourth-order valence-electron chi connectivity index (χ4n) is 8.28. The van der Waals surface area contributed by atoms with Crippen molar-refractivity contribution in [3.05, 3.63) is 29.3 Å². The number of aryl methyl sites for hydroxylation is 2. The molecule has 36 heavy (non-hydrogen) atoms. The number of hydrogen-bond donors (Lipinski definition) is 2. The molecular weight excluding hydrogens is 452 g/mol. The van der Waals surface area contributed by atoms with Crippen LogP contribution in [0.25, 0.3) is 0 Å². The Hall–Kier alpha value is -2.28. The Morgan fingerprint density at radius 2 is 1.69 bits per heavy atom. The molecule has 3 amide bonds. The first-order valence-corrected chi connectivity index (χ1v) is 14.2. The number of carbonyl (C=O) groups is 2. The van der Waals surface area contributed by atoms with Gasteiger partial charge in [0.2, 0.25) is 5.91 Å². The Bertz CT molecular complexity index is 1000. The van der Waals surface area contributed by atoms with Crippen molar-refractivity contribution in [3.63, 3.8) is 0 Å². The van der Waals surface area contributed by atoms with Crippen molar-refractivity contribution in [2.45, 2.75) is 70.9 Å². The second kappa shape index (κ2) is 9.23. The number of anilines is 1. The second-order valence-corrected chi connectivity index (χ2v) is 12.5. The topological polar surface area (TPSA) is 76.1 Å². The summed E-state index contributed by atoms with van der Waals surface area (Å²) in [5, 5.41) is 14.0. The first kappa shape index (κ1) is 24.1. The number of piperazine rings is 1. The molecule has 1 aromatic rings. The third kappa shape index (κ3) is 4.27. The maximum atomic E-state index is 13.6. The van der Waals surface area contributed by atoms with Gasteiger partial charge in [-0.15, -0.1) is 0 Å². The summed E-state index contributed by atoms with van der Waals surface area (Å²) in [5.41, 5.74) is 3.54. The highest BCUT2D eigenvalue weighted by Gasteiger charge is 2.58. The Morgan fingerprint density at radius 3 is 2.42 bits per heavy atom. The van der Waals surface area contributed by atoms with E-state index in [1.807, 2.05) is 9.80 Å². The van der Waals surface area contributed by atoms with Crippen molar-refractivity contribution >= 4 is 17.6 Å². The Balaban J connectivity index is 1.04. The third-order valence-electron chi connectivity index (χ3n) is 9.99. The molecular formula is C29H42N4O3. The summed E-state index contributed by atoms with van der Waals surface area (Å²) >= 11 is 0. The molecule has 2 N–H and O–H groups in total. The molecule has 196 valence electrons. The summed E-state index contributed by atoms with van der Waals surface area (Å²) in [4.78, 5) is 33.3. The molecule has 0 radical (unpaired) electrons. The number of aliphatic hydroxyl groups is 1. The first-order valence-electron chi connectivity index (χ1n) is 14.2. The van der Waals surface area contributed by atoms with Gasteiger partial charge in [-0.05, 0) is 93.7 Å². The van der Waals surface area contributed by atoms with E-state index in [2.05, 4.69) is 42.3 Å². The Labute approximate surface area is 215 Å². The van der Waals surface area contributed by atoms with Crippen molar-refractivity contribution in [1.29, 1.82) is 0 Å². The molecule has 2 heterocycles. The van der Waals surface area contributed by atoms with Crippen LogP contribution in [0.2, 0.25) is 0 Å². The number of hydrogen-bond acceptors (Lipinski definition) is 4. The van der Waals surface area contributed by atoms with E-state index in [9.17, 15) is 14.7 Å². The molecule has 6 fully saturated rings. The molecule has 1 aromatic carbocycles. The van der Waals surface area contributed by atoms with E-state index in [1.165, 1.54) is 16.8 Å². The van der Waals surface area contributed by atoms with E-state index in [1.54, 1.807) is 0 Å². The van der Waals surface area contributed by atoms with Gasteiger partial charge in [0, 0.05) is 51.0 Å². The highest BCUT2D eigenvalue weighted by atomic mass is 16.3. The molecule has 7 heteroatoms. The van der Waals surface area contributed by atoms with Gasteiger partial charge >= 0.3 is 6.03 Å². The van der Waals surface area contributed by atoms with Crippen molar-refractivity contribution in [1.82, 2.24) is 15.1 Å². The lowest BCUT2D eigenvalue weighted by Crippen LogP contribution is -2.61. The van der Waals surface area contributed by atoms with Crippen LogP contribution >= 0.6 is 0 Å². The molecule has 4 saturated carbocycles. The number of carbonyl (C=O) groups excluding carboxylic acids is 2. The van der Waals surface area contributed by atoms with Gasteiger partial charge < -0.3 is 25.1 Å². The van der Waals surface area contributed by atoms with E-state index < -0.39 is 0 Å². The minimum atomic E-state index is -0.285. The van der Waals surface area contributed by atoms with Crippen LogP contribution in [0.1, 0.15) is 56.1 Å². The minimum Gasteiger partial charge on any atom is -0.393 e. The second-order valence-electron chi connectivity index (χ2n) is 12.5. The largest absolute Gasteiger partial charge is 0.393 e. The van der Waals surface area contributed by atoms with E-state index in [-0.39, 0.29) is 29.5 Å². The highest BCUT2D eigenvalue weighted by molar-refractivity contribution is 5.83. The minimum absolute atomic E-state index is 0.0318. The summed E-state index contributed by atoms with van der Waals surface area (Å²) in [5.74, 6) is 1.39. The van der Waals surface area contributed by atoms with E-state index in [0.29, 0.717) is 24.3 Å². The van der Waals surface area contributed by atoms with Crippen LogP contribution in [0.3, 0.4) is 0 Å². The lowest BCUT2D eigenvalue weighted by Gasteiger charge is -2.58. The summed E-state index contributed by atoms with van der Waals surface area (Å²) in [6.45, 7) is 8.82. The molecule has 0 spiro atoms. The zero-order valence-corrected chi connectivity index (χ0v) is 21.9. The predicted octanol–water partition coefficient (Wildman–Crippen LogP) is 3.31. The molecule has 3 atom stereocenters. The predicted molar refractivity (Wildman–Crippen MR) is 140 cm³/mol. The number of benzene rings is 1. The van der Waals surface area contributed by atoms with Crippen LogP contribution in [-0.4, -0.2) is 78.3 Å². The fraction of sp³-hybridized carbons (Fsp3) is 0.724. The number of aliphatic hydroxyl groups excluding tert-OH is 1. The van der Waals surface area contributed by atoms with Crippen LogP contribution in [0.5, 0.6) is 0 Å². The molecule has 7 nitrogen and oxygen atoms in total. The van der Waals surface area contributed by atoms with Gasteiger partial charge in [-0.2, -0.15) is 0 Å². The maximum Gasteiger partial charge on any atom is 0.320 e. The molecule has 7 rings (SSSR count). The molecule has 6 aliphatic rings. The van der Waals surface area contributed by atoms with Crippen LogP contribution in [0.4, 0.5) is 10.5 Å². The van der Waals surface area contributed by atoms with Crippen molar-refractivity contribution in [3.8, 4) is 0 Å². The monoisotopic (exact) mass is 494 g/mol. The van der Waals surface area contributed by atoms with Gasteiger partial charge in [0.25, 0.3) is 0 Å². The maximum absolute atomic E-state index is 13.6. The normalized spacial score (nSPS) is 35.8. The first-order chi connectivity index (χ1) is 17.3. The number of amides is 3. The quantitative estimate of drug-likeness (QED) is 0.676. The number of urea groups is 1. The standard InChI is InChI=1S/C29H42N4O3/c1-19-5-6-20(2)25(12-19)31-8-10-32(11-9-31)28(36)33-7-3-4-24(18-33)30-27(35)29-15-21-13-22(16-29)26(34)23(14-21)17-29/h5-6,12,21-24,26,34H,3-4,7-11,13-18H2,1-2H3,(H,30,35)/t21?,22?,23?,24-,26?,29?/m0/s1. The van der Waals surface area contributed by atoms with Crippen molar-refractivity contribution in [2.24, 2.45) is 23.2 Å². The Kier molecular flexibility index (Phi) is 6.17. The lowest BCUT2D eigenvalue weighted by atomic mass is 9.48. The Morgan fingerprint density at radius 1 is 0.972 bits per heavy atom. The zero-order valence-electron chi connectivity index (χ0n) is 21.9. The number of nitrogens with one attached hydrogen (secondary N) is 1. The number of piperidine rings is 1. The molecule has 0 aromatic heterocycles. The SMILES string of the molecule is Cc1ccc(C)c(N2CCN(C(=O)N3CCC[C@H](NC(=O)C45CC6CC(C4)C(O)C(C6)C5)C3)CC2)c1. The average Bonchev–Trinajstić information content (AvgIpc) is 2.88. The van der Waals surface area contributed by atoms with Crippen LogP contribution in [0.15, 0.2) is 18.2 Å². The van der Waals surface area contributed by atoms with Gasteiger partial charge in [-0.1, -0.05) is 12.1 Å². The fourth-order valence-corrected chi connectivity index (χ4v) is 8.28. The van der Waals surface area contributed by atoms with Gasteiger partial charge in [-0.3, -0.25) is 4.79 Å². The van der Waals surface area contributed by atoms with Gasteiger partial charge in [0.15, 0.2) is 0 Å². The number of rotatable bonds is 3. The van der Waals surface area contributed by atoms with E-state index in [0.717, 1.165) is 77.7 Å². The molecule has 4 bridgehead atoms. The van der Waals surface area contributed by atoms with E-state index in [4.69, 9.17) is 0 Å². The summed E-state index contributed by atoms with van der Waals surface area (Å²) < 4.78 is 0. The summed E-state index contributed by atoms with van der Waals surface area (Å²) in [7, 11) is 0. The third-order valence-corrected chi connectivity index (χ3v) is 9.99. The smallest absolute Gasteiger partial charge is 0.320 e. The summed E-state index contributed by atoms with van der Waals surface area (Å²) in [6.07, 6.45) is 6.51. The molecule has 2 unspecified atom stereocenters. The van der Waals surface area contributed by atoms with Gasteiger partial charge in [-0.25, -0.2) is 4.79 Å². The molecule has 4 aliphatic carbocycles. The summed E-state index contributed by atoms with van der Waals surface area (Å²) in [6, 6.07) is 6.72. The lowest BCUT2D eigenvalue weighted by molar-refractivity contribution is -0.163.